The second kappa shape index (κ2) is 4.25. The van der Waals surface area contributed by atoms with E-state index in [1.165, 1.54) is 18.2 Å². The summed E-state index contributed by atoms with van der Waals surface area (Å²) >= 11 is 0. The van der Waals surface area contributed by atoms with Crippen molar-refractivity contribution in [3.63, 3.8) is 0 Å². The number of methoxy groups -OCH3 is 1. The SMILES string of the molecule is COC(=O)C1(C)CC2=C(C=N1)N=C(N)N1CC(F)(F)C[C@@H]21. The van der Waals surface area contributed by atoms with Crippen LogP contribution in [0.1, 0.15) is 19.8 Å². The Morgan fingerprint density at radius 3 is 2.95 bits per heavy atom. The summed E-state index contributed by atoms with van der Waals surface area (Å²) in [6, 6.07) is -0.539. The van der Waals surface area contributed by atoms with E-state index in [0.717, 1.165) is 0 Å². The standard InChI is InChI=1S/C13H16F2N4O2/c1-12(10(20)21-2)3-7-8(5-17-12)18-11(16)19-6-13(14,15)4-9(7)19/h5,9H,3-4,6H2,1-2H3,(H2,16,18)/t9-,12?/m0/s1. The lowest BCUT2D eigenvalue weighted by Gasteiger charge is -2.36. The summed E-state index contributed by atoms with van der Waals surface area (Å²) in [5.74, 6) is -3.24. The van der Waals surface area contributed by atoms with Crippen molar-refractivity contribution >= 4 is 18.1 Å². The number of esters is 1. The zero-order chi connectivity index (χ0) is 15.4. The predicted octanol–water partition coefficient (Wildman–Crippen LogP) is 0.685. The normalized spacial score (nSPS) is 33.4. The van der Waals surface area contributed by atoms with Crippen molar-refractivity contribution in [1.82, 2.24) is 4.90 Å². The molecule has 21 heavy (non-hydrogen) atoms. The molecule has 6 nitrogen and oxygen atoms in total. The molecule has 1 saturated heterocycles. The third-order valence-electron chi connectivity index (χ3n) is 4.16. The Balaban J connectivity index is 1.98. The Hall–Kier alpha value is -1.99. The molecular formula is C13H16F2N4O2. The lowest BCUT2D eigenvalue weighted by Crippen LogP contribution is -2.48. The summed E-state index contributed by atoms with van der Waals surface area (Å²) in [4.78, 5) is 21.6. The molecular weight excluding hydrogens is 282 g/mol. The second-order valence-corrected chi connectivity index (χ2v) is 5.78. The fraction of sp³-hybridized carbons (Fsp3) is 0.615. The van der Waals surface area contributed by atoms with Crippen LogP contribution in [0.15, 0.2) is 21.3 Å². The number of hydrogen-bond acceptors (Lipinski definition) is 6. The van der Waals surface area contributed by atoms with E-state index >= 15 is 0 Å². The fourth-order valence-electron chi connectivity index (χ4n) is 3.08. The van der Waals surface area contributed by atoms with E-state index < -0.39 is 30.0 Å². The maximum absolute atomic E-state index is 13.7. The first-order valence-corrected chi connectivity index (χ1v) is 6.61. The number of halogens is 2. The molecule has 0 aromatic rings. The van der Waals surface area contributed by atoms with E-state index in [9.17, 15) is 13.6 Å². The smallest absolute Gasteiger partial charge is 0.333 e. The van der Waals surface area contributed by atoms with Gasteiger partial charge in [-0.3, -0.25) is 4.99 Å². The van der Waals surface area contributed by atoms with Gasteiger partial charge < -0.3 is 15.4 Å². The molecule has 0 spiro atoms. The Labute approximate surface area is 120 Å². The van der Waals surface area contributed by atoms with Gasteiger partial charge in [0.05, 0.1) is 25.4 Å². The van der Waals surface area contributed by atoms with Gasteiger partial charge in [0.2, 0.25) is 0 Å². The van der Waals surface area contributed by atoms with Crippen molar-refractivity contribution in [1.29, 1.82) is 0 Å². The number of dihydropyridines is 1. The number of guanidine groups is 1. The van der Waals surface area contributed by atoms with E-state index in [0.29, 0.717) is 11.3 Å². The molecule has 0 bridgehead atoms. The summed E-state index contributed by atoms with van der Waals surface area (Å²) in [6.07, 6.45) is 1.31. The molecule has 0 amide bonds. The van der Waals surface area contributed by atoms with Gasteiger partial charge in [-0.15, -0.1) is 0 Å². The van der Waals surface area contributed by atoms with Gasteiger partial charge in [-0.2, -0.15) is 0 Å². The number of hydrogen-bond donors (Lipinski definition) is 1. The highest BCUT2D eigenvalue weighted by Crippen LogP contribution is 2.42. The molecule has 3 aliphatic rings. The van der Waals surface area contributed by atoms with Crippen LogP contribution in [0.4, 0.5) is 8.78 Å². The largest absolute Gasteiger partial charge is 0.467 e. The molecule has 8 heteroatoms. The van der Waals surface area contributed by atoms with Crippen molar-refractivity contribution < 1.29 is 18.3 Å². The van der Waals surface area contributed by atoms with E-state index in [1.54, 1.807) is 6.92 Å². The fourth-order valence-corrected chi connectivity index (χ4v) is 3.08. The van der Waals surface area contributed by atoms with Crippen LogP contribution in [0, 0.1) is 0 Å². The number of allylic oxidation sites excluding steroid dienone is 1. The Kier molecular flexibility index (Phi) is 2.83. The summed E-state index contributed by atoms with van der Waals surface area (Å²) < 4.78 is 32.1. The molecule has 1 fully saturated rings. The van der Waals surface area contributed by atoms with Crippen molar-refractivity contribution in [3.8, 4) is 0 Å². The van der Waals surface area contributed by atoms with Gasteiger partial charge >= 0.3 is 5.97 Å². The number of fused-ring (bicyclic) bond motifs is 2. The highest BCUT2D eigenvalue weighted by atomic mass is 19.3. The zero-order valence-electron chi connectivity index (χ0n) is 11.8. The zero-order valence-corrected chi connectivity index (χ0v) is 11.8. The lowest BCUT2D eigenvalue weighted by molar-refractivity contribution is -0.146. The lowest BCUT2D eigenvalue weighted by atomic mass is 9.85. The average molecular weight is 298 g/mol. The second-order valence-electron chi connectivity index (χ2n) is 5.78. The molecule has 0 aromatic carbocycles. The summed E-state index contributed by atoms with van der Waals surface area (Å²) in [6.45, 7) is 1.17. The van der Waals surface area contributed by atoms with Gasteiger partial charge in [0.25, 0.3) is 5.92 Å². The molecule has 2 N–H and O–H groups in total. The highest BCUT2D eigenvalue weighted by molar-refractivity contribution is 5.94. The number of carbonyl (C=O) groups is 1. The number of ether oxygens (including phenoxy) is 1. The van der Waals surface area contributed by atoms with E-state index in [-0.39, 0.29) is 18.8 Å². The number of nitrogens with zero attached hydrogens (tertiary/aromatic N) is 3. The maximum Gasteiger partial charge on any atom is 0.333 e. The predicted molar refractivity (Wildman–Crippen MR) is 72.2 cm³/mol. The number of aliphatic imine (C=N–C) groups is 2. The summed E-state index contributed by atoms with van der Waals surface area (Å²) in [5.41, 5.74) is 5.81. The van der Waals surface area contributed by atoms with Crippen molar-refractivity contribution in [2.24, 2.45) is 15.7 Å². The first-order chi connectivity index (χ1) is 9.76. The minimum Gasteiger partial charge on any atom is -0.467 e. The molecule has 3 rings (SSSR count). The van der Waals surface area contributed by atoms with E-state index in [1.807, 2.05) is 0 Å². The van der Waals surface area contributed by atoms with Crippen LogP contribution in [0.2, 0.25) is 0 Å². The third-order valence-corrected chi connectivity index (χ3v) is 4.16. The number of nitrogens with two attached hydrogens (primary N) is 1. The maximum atomic E-state index is 13.7. The van der Waals surface area contributed by atoms with Gasteiger partial charge in [0.15, 0.2) is 11.5 Å². The van der Waals surface area contributed by atoms with Gasteiger partial charge in [0, 0.05) is 19.1 Å². The van der Waals surface area contributed by atoms with E-state index in [4.69, 9.17) is 10.5 Å². The topological polar surface area (TPSA) is 80.3 Å². The Morgan fingerprint density at radius 2 is 2.29 bits per heavy atom. The van der Waals surface area contributed by atoms with Gasteiger partial charge in [-0.05, 0) is 12.5 Å². The molecule has 2 atom stereocenters. The van der Waals surface area contributed by atoms with Crippen LogP contribution in [-0.2, 0) is 9.53 Å². The van der Waals surface area contributed by atoms with Crippen LogP contribution in [0.5, 0.6) is 0 Å². The molecule has 114 valence electrons. The highest BCUT2D eigenvalue weighted by Gasteiger charge is 2.51. The molecule has 0 aromatic heterocycles. The van der Waals surface area contributed by atoms with Crippen molar-refractivity contribution in [3.05, 3.63) is 11.3 Å². The number of carbonyl (C=O) groups excluding carboxylic acids is 1. The van der Waals surface area contributed by atoms with E-state index in [2.05, 4.69) is 9.98 Å². The number of rotatable bonds is 1. The van der Waals surface area contributed by atoms with Crippen LogP contribution < -0.4 is 5.73 Å². The molecule has 0 radical (unpaired) electrons. The molecule has 0 aliphatic carbocycles. The minimum atomic E-state index is -2.82. The van der Waals surface area contributed by atoms with Gasteiger partial charge in [0.1, 0.15) is 0 Å². The quantitative estimate of drug-likeness (QED) is 0.722. The Morgan fingerprint density at radius 1 is 1.57 bits per heavy atom. The number of alkyl halides is 2. The third kappa shape index (κ3) is 2.09. The van der Waals surface area contributed by atoms with Gasteiger partial charge in [-0.25, -0.2) is 18.6 Å². The van der Waals surface area contributed by atoms with Crippen molar-refractivity contribution in [2.45, 2.75) is 37.3 Å². The average Bonchev–Trinajstić information content (AvgIpc) is 2.75. The first kappa shape index (κ1) is 14.0. The molecule has 1 unspecified atom stereocenters. The van der Waals surface area contributed by atoms with Crippen LogP contribution in [0.25, 0.3) is 0 Å². The van der Waals surface area contributed by atoms with Crippen LogP contribution >= 0.6 is 0 Å². The summed E-state index contributed by atoms with van der Waals surface area (Å²) in [7, 11) is 1.28. The molecule has 0 saturated carbocycles. The summed E-state index contributed by atoms with van der Waals surface area (Å²) in [5, 5.41) is 0. The molecule has 3 aliphatic heterocycles. The molecule has 3 heterocycles. The van der Waals surface area contributed by atoms with Gasteiger partial charge in [-0.1, -0.05) is 0 Å². The minimum absolute atomic E-state index is 0.0732. The Bertz CT molecular complexity index is 599. The van der Waals surface area contributed by atoms with Crippen molar-refractivity contribution in [2.75, 3.05) is 13.7 Å². The monoisotopic (exact) mass is 298 g/mol. The first-order valence-electron chi connectivity index (χ1n) is 6.61. The van der Waals surface area contributed by atoms with Crippen LogP contribution in [0.3, 0.4) is 0 Å². The van der Waals surface area contributed by atoms with Crippen LogP contribution in [-0.4, -0.2) is 54.2 Å².